The summed E-state index contributed by atoms with van der Waals surface area (Å²) in [4.78, 5) is 23.8. The van der Waals surface area contributed by atoms with Gasteiger partial charge >= 0.3 is 0 Å². The lowest BCUT2D eigenvalue weighted by molar-refractivity contribution is -0.119. The summed E-state index contributed by atoms with van der Waals surface area (Å²) in [6.45, 7) is 1.46. The van der Waals surface area contributed by atoms with Gasteiger partial charge in [0.1, 0.15) is 5.58 Å². The molecule has 5 nitrogen and oxygen atoms in total. The van der Waals surface area contributed by atoms with Crippen LogP contribution in [0.3, 0.4) is 0 Å². The Bertz CT molecular complexity index is 994. The molecule has 0 aliphatic rings. The van der Waals surface area contributed by atoms with Gasteiger partial charge in [0.05, 0.1) is 10.4 Å². The molecule has 2 N–H and O–H groups in total. The highest BCUT2D eigenvalue weighted by Crippen LogP contribution is 2.35. The number of rotatable bonds is 4. The first-order valence-corrected chi connectivity index (χ1v) is 7.58. The number of ether oxygens (including phenoxy) is 1. The van der Waals surface area contributed by atoms with Crippen molar-refractivity contribution >= 4 is 28.5 Å². The number of aryl methyl sites for hydroxylation is 1. The molecule has 122 valence electrons. The third-order valence-corrected chi connectivity index (χ3v) is 3.81. The summed E-state index contributed by atoms with van der Waals surface area (Å²) in [6, 6.07) is 12.1. The third kappa shape index (κ3) is 2.98. The molecule has 0 aliphatic heterocycles. The molecule has 1 aromatic heterocycles. The van der Waals surface area contributed by atoms with Gasteiger partial charge < -0.3 is 14.9 Å². The molecule has 0 saturated carbocycles. The quantitative estimate of drug-likeness (QED) is 0.788. The highest BCUT2D eigenvalue weighted by Gasteiger charge is 2.20. The van der Waals surface area contributed by atoms with Gasteiger partial charge in [-0.05, 0) is 36.8 Å². The Labute approximate surface area is 142 Å². The zero-order valence-corrected chi connectivity index (χ0v) is 13.6. The van der Waals surface area contributed by atoms with E-state index in [9.17, 15) is 9.59 Å². The maximum atomic E-state index is 12.8. The van der Waals surface area contributed by atoms with Crippen LogP contribution in [0.1, 0.15) is 5.56 Å². The van der Waals surface area contributed by atoms with Gasteiger partial charge in [0.2, 0.25) is 11.2 Å². The van der Waals surface area contributed by atoms with E-state index in [-0.39, 0.29) is 16.9 Å². The monoisotopic (exact) mass is 343 g/mol. The molecule has 0 unspecified atom stereocenters. The molecule has 2 aromatic carbocycles. The van der Waals surface area contributed by atoms with Crippen LogP contribution in [0.4, 0.5) is 0 Å². The number of hydrogen-bond donors (Lipinski definition) is 1. The number of carbonyl (C=O) groups excluding carboxylic acids is 1. The topological polar surface area (TPSA) is 82.5 Å². The minimum absolute atomic E-state index is 0.0850. The van der Waals surface area contributed by atoms with Crippen LogP contribution in [0.2, 0.25) is 5.02 Å². The van der Waals surface area contributed by atoms with E-state index in [1.807, 2.05) is 6.92 Å². The lowest BCUT2D eigenvalue weighted by atomic mass is 10.1. The van der Waals surface area contributed by atoms with Gasteiger partial charge in [-0.25, -0.2) is 0 Å². The molecule has 6 heteroatoms. The van der Waals surface area contributed by atoms with Crippen LogP contribution >= 0.6 is 11.6 Å². The van der Waals surface area contributed by atoms with Crippen LogP contribution in [0.15, 0.2) is 51.7 Å². The van der Waals surface area contributed by atoms with Crippen molar-refractivity contribution in [3.63, 3.8) is 0 Å². The second-order valence-electron chi connectivity index (χ2n) is 5.32. The first-order valence-electron chi connectivity index (χ1n) is 7.21. The van der Waals surface area contributed by atoms with Crippen LogP contribution in [0.5, 0.6) is 5.75 Å². The van der Waals surface area contributed by atoms with E-state index in [2.05, 4.69) is 0 Å². The van der Waals surface area contributed by atoms with Crippen LogP contribution < -0.4 is 15.9 Å². The van der Waals surface area contributed by atoms with Gasteiger partial charge in [0, 0.05) is 5.56 Å². The fourth-order valence-electron chi connectivity index (χ4n) is 2.38. The Kier molecular flexibility index (Phi) is 4.27. The highest BCUT2D eigenvalue weighted by molar-refractivity contribution is 6.33. The predicted molar refractivity (Wildman–Crippen MR) is 92.4 cm³/mol. The van der Waals surface area contributed by atoms with E-state index in [0.717, 1.165) is 5.56 Å². The summed E-state index contributed by atoms with van der Waals surface area (Å²) < 4.78 is 11.2. The normalized spacial score (nSPS) is 10.8. The van der Waals surface area contributed by atoms with E-state index < -0.39 is 12.5 Å². The van der Waals surface area contributed by atoms with Crippen molar-refractivity contribution in [3.8, 4) is 17.1 Å². The molecule has 0 aliphatic carbocycles. The number of nitrogens with two attached hydrogens (primary N) is 1. The molecule has 0 atom stereocenters. The fraction of sp³-hybridized carbons (Fsp3) is 0.111. The maximum absolute atomic E-state index is 12.8. The van der Waals surface area contributed by atoms with Crippen molar-refractivity contribution in [2.24, 2.45) is 5.73 Å². The zero-order valence-electron chi connectivity index (χ0n) is 12.8. The summed E-state index contributed by atoms with van der Waals surface area (Å²) in [5.74, 6) is -0.605. The van der Waals surface area contributed by atoms with Crippen LogP contribution in [-0.2, 0) is 4.79 Å². The molecule has 24 heavy (non-hydrogen) atoms. The Morgan fingerprint density at radius 3 is 2.71 bits per heavy atom. The number of primary amides is 1. The van der Waals surface area contributed by atoms with Gasteiger partial charge in [-0.2, -0.15) is 0 Å². The van der Waals surface area contributed by atoms with Crippen molar-refractivity contribution in [1.29, 1.82) is 0 Å². The van der Waals surface area contributed by atoms with Crippen molar-refractivity contribution < 1.29 is 13.9 Å². The molecular formula is C18H14ClNO4. The molecule has 0 radical (unpaired) electrons. The largest absolute Gasteiger partial charge is 0.476 e. The fourth-order valence-corrected chi connectivity index (χ4v) is 2.60. The summed E-state index contributed by atoms with van der Waals surface area (Å²) in [6.07, 6.45) is 0. The highest BCUT2D eigenvalue weighted by atomic mass is 35.5. The second kappa shape index (κ2) is 6.37. The van der Waals surface area contributed by atoms with E-state index in [0.29, 0.717) is 21.6 Å². The number of halogens is 1. The second-order valence-corrected chi connectivity index (χ2v) is 5.73. The lowest BCUT2D eigenvalue weighted by Gasteiger charge is -2.12. The Morgan fingerprint density at radius 2 is 2.00 bits per heavy atom. The van der Waals surface area contributed by atoms with Gasteiger partial charge in [-0.15, -0.1) is 0 Å². The summed E-state index contributed by atoms with van der Waals surface area (Å²) in [5, 5.41) is 0.757. The Balaban J connectivity index is 2.32. The standard InChI is InChI=1S/C18H14ClNO4/c1-10-6-7-12-14(8-10)24-17(11-4-2-3-5-13(11)19)18(16(12)22)23-9-15(20)21/h2-8H,9H2,1H3,(H2,20,21). The summed E-state index contributed by atoms with van der Waals surface area (Å²) >= 11 is 6.22. The molecule has 0 spiro atoms. The average molecular weight is 344 g/mol. The van der Waals surface area contributed by atoms with E-state index in [4.69, 9.17) is 26.5 Å². The van der Waals surface area contributed by atoms with Crippen LogP contribution in [-0.4, -0.2) is 12.5 Å². The Hall–Kier alpha value is -2.79. The third-order valence-electron chi connectivity index (χ3n) is 3.48. The average Bonchev–Trinajstić information content (AvgIpc) is 2.54. The van der Waals surface area contributed by atoms with E-state index in [1.54, 1.807) is 42.5 Å². The molecule has 0 saturated heterocycles. The molecule has 1 heterocycles. The summed E-state index contributed by atoms with van der Waals surface area (Å²) in [7, 11) is 0. The number of carbonyl (C=O) groups is 1. The van der Waals surface area contributed by atoms with Crippen LogP contribution in [0, 0.1) is 6.92 Å². The number of benzene rings is 2. The lowest BCUT2D eigenvalue weighted by Crippen LogP contribution is -2.22. The molecular weight excluding hydrogens is 330 g/mol. The zero-order chi connectivity index (χ0) is 17.3. The van der Waals surface area contributed by atoms with Gasteiger partial charge in [0.25, 0.3) is 5.91 Å². The first-order chi connectivity index (χ1) is 11.5. The molecule has 3 aromatic rings. The smallest absolute Gasteiger partial charge is 0.255 e. The SMILES string of the molecule is Cc1ccc2c(=O)c(OCC(N)=O)c(-c3ccccc3Cl)oc2c1. The predicted octanol–water partition coefficient (Wildman–Crippen LogP) is 3.29. The maximum Gasteiger partial charge on any atom is 0.255 e. The number of hydrogen-bond acceptors (Lipinski definition) is 4. The Morgan fingerprint density at radius 1 is 1.25 bits per heavy atom. The molecule has 0 bridgehead atoms. The van der Waals surface area contributed by atoms with Gasteiger partial charge in [-0.3, -0.25) is 9.59 Å². The van der Waals surface area contributed by atoms with Crippen molar-refractivity contribution in [2.75, 3.05) is 6.61 Å². The van der Waals surface area contributed by atoms with Crippen molar-refractivity contribution in [3.05, 3.63) is 63.3 Å². The molecule has 0 fully saturated rings. The first kappa shape index (κ1) is 16.1. The van der Waals surface area contributed by atoms with Gasteiger partial charge in [0.15, 0.2) is 12.4 Å². The van der Waals surface area contributed by atoms with E-state index >= 15 is 0 Å². The van der Waals surface area contributed by atoms with Crippen LogP contribution in [0.25, 0.3) is 22.3 Å². The minimum atomic E-state index is -0.691. The summed E-state index contributed by atoms with van der Waals surface area (Å²) in [5.41, 5.74) is 6.60. The van der Waals surface area contributed by atoms with E-state index in [1.165, 1.54) is 0 Å². The number of amides is 1. The van der Waals surface area contributed by atoms with Crippen molar-refractivity contribution in [2.45, 2.75) is 6.92 Å². The van der Waals surface area contributed by atoms with Crippen molar-refractivity contribution in [1.82, 2.24) is 0 Å². The molecule has 1 amide bonds. The molecule has 3 rings (SSSR count). The number of fused-ring (bicyclic) bond motifs is 1. The van der Waals surface area contributed by atoms with Gasteiger partial charge in [-0.1, -0.05) is 29.8 Å². The minimum Gasteiger partial charge on any atom is -0.476 e.